The summed E-state index contributed by atoms with van der Waals surface area (Å²) in [4.78, 5) is 25.9. The Labute approximate surface area is 268 Å². The monoisotopic (exact) mass is 657 g/mol. The molecule has 248 valence electrons. The quantitative estimate of drug-likeness (QED) is 0.164. The van der Waals surface area contributed by atoms with Crippen LogP contribution in [0.5, 0.6) is 11.5 Å². The van der Waals surface area contributed by atoms with E-state index in [1.54, 1.807) is 29.0 Å². The summed E-state index contributed by atoms with van der Waals surface area (Å²) in [6, 6.07) is 20.6. The predicted molar refractivity (Wildman–Crippen MR) is 172 cm³/mol. The molecule has 0 saturated carbocycles. The molecule has 14 heteroatoms. The number of hydrogen-bond acceptors (Lipinski definition) is 9. The number of anilines is 1. The first-order valence-corrected chi connectivity index (χ1v) is 16.9. The third-order valence-electron chi connectivity index (χ3n) is 7.16. The highest BCUT2D eigenvalue weighted by atomic mass is 32.2. The number of nitrogens with one attached hydrogen (secondary N) is 4. The average molecular weight is 658 g/mol. The number of piperidine rings is 1. The van der Waals surface area contributed by atoms with Crippen LogP contribution in [0.15, 0.2) is 72.8 Å². The molecule has 0 bridgehead atoms. The standard InChI is InChI=1S/C32H40FN5O7S/c1-46(42,43)37-32(41)45-30-4-2-3-29(19-30)44-22-28(39)21-34-16-13-23-7-11-26(12-8-23)36-27-14-17-38(18-15-27)31(40)35-20-24-5-9-25(33)10-6-24/h2-12,19,27-28,34,36,39H,13-18,20-22H2,1H3,(H,35,40)(H,37,41)/t28-/m0/s1. The summed E-state index contributed by atoms with van der Waals surface area (Å²) in [6.07, 6.45) is 1.38. The van der Waals surface area contributed by atoms with Gasteiger partial charge in [0, 0.05) is 44.0 Å². The molecule has 3 amide bonds. The van der Waals surface area contributed by atoms with E-state index < -0.39 is 22.2 Å². The van der Waals surface area contributed by atoms with Gasteiger partial charge in [0.1, 0.15) is 30.0 Å². The lowest BCUT2D eigenvalue weighted by molar-refractivity contribution is 0.106. The van der Waals surface area contributed by atoms with Crippen molar-refractivity contribution in [3.05, 3.63) is 89.7 Å². The number of halogens is 1. The van der Waals surface area contributed by atoms with Gasteiger partial charge in [0.25, 0.3) is 0 Å². The molecule has 46 heavy (non-hydrogen) atoms. The summed E-state index contributed by atoms with van der Waals surface area (Å²) < 4.78 is 47.5. The second-order valence-corrected chi connectivity index (χ2v) is 12.8. The third-order valence-corrected chi connectivity index (χ3v) is 7.70. The molecular weight excluding hydrogens is 617 g/mol. The van der Waals surface area contributed by atoms with Crippen molar-refractivity contribution in [1.82, 2.24) is 20.3 Å². The first-order valence-electron chi connectivity index (χ1n) is 15.0. The van der Waals surface area contributed by atoms with Gasteiger partial charge in [-0.15, -0.1) is 0 Å². The maximum Gasteiger partial charge on any atom is 0.426 e. The molecule has 0 aliphatic carbocycles. The van der Waals surface area contributed by atoms with Crippen LogP contribution in [0, 0.1) is 5.82 Å². The topological polar surface area (TPSA) is 158 Å². The number of nitrogens with zero attached hydrogens (tertiary/aromatic N) is 1. The van der Waals surface area contributed by atoms with Crippen LogP contribution in [-0.2, 0) is 23.0 Å². The van der Waals surface area contributed by atoms with Crippen LogP contribution < -0.4 is 30.1 Å². The Bertz CT molecular complexity index is 1530. The van der Waals surface area contributed by atoms with Gasteiger partial charge in [-0.1, -0.05) is 30.3 Å². The van der Waals surface area contributed by atoms with Crippen LogP contribution in [0.25, 0.3) is 0 Å². The molecule has 1 saturated heterocycles. The van der Waals surface area contributed by atoms with Crippen molar-refractivity contribution < 1.29 is 37.0 Å². The van der Waals surface area contributed by atoms with Crippen molar-refractivity contribution >= 4 is 27.8 Å². The second-order valence-electron chi connectivity index (χ2n) is 11.0. The molecule has 0 spiro atoms. The lowest BCUT2D eigenvalue weighted by Crippen LogP contribution is -2.46. The van der Waals surface area contributed by atoms with Gasteiger partial charge in [-0.3, -0.25) is 0 Å². The number of hydrogen-bond donors (Lipinski definition) is 5. The number of likely N-dealkylation sites (tertiary alicyclic amines) is 1. The van der Waals surface area contributed by atoms with Crippen LogP contribution >= 0.6 is 0 Å². The number of urea groups is 1. The van der Waals surface area contributed by atoms with E-state index in [1.807, 2.05) is 17.0 Å². The van der Waals surface area contributed by atoms with Crippen LogP contribution in [-0.4, -0.2) is 81.7 Å². The summed E-state index contributed by atoms with van der Waals surface area (Å²) >= 11 is 0. The molecule has 0 aromatic heterocycles. The van der Waals surface area contributed by atoms with Crippen molar-refractivity contribution in [2.45, 2.75) is 38.0 Å². The van der Waals surface area contributed by atoms with Gasteiger partial charge in [0.15, 0.2) is 0 Å². The van der Waals surface area contributed by atoms with Crippen molar-refractivity contribution in [1.29, 1.82) is 0 Å². The van der Waals surface area contributed by atoms with E-state index in [1.165, 1.54) is 24.3 Å². The lowest BCUT2D eigenvalue weighted by Gasteiger charge is -2.33. The molecular formula is C32H40FN5O7S. The molecule has 1 aliphatic heterocycles. The van der Waals surface area contributed by atoms with Gasteiger partial charge >= 0.3 is 12.1 Å². The summed E-state index contributed by atoms with van der Waals surface area (Å²) in [5.74, 6) is 0.150. The largest absolute Gasteiger partial charge is 0.491 e. The lowest BCUT2D eigenvalue weighted by atomic mass is 10.0. The molecule has 4 rings (SSSR count). The van der Waals surface area contributed by atoms with Gasteiger partial charge in [-0.25, -0.2) is 27.1 Å². The van der Waals surface area contributed by atoms with E-state index in [0.29, 0.717) is 38.5 Å². The minimum absolute atomic E-state index is 0.00590. The molecule has 3 aromatic rings. The Morgan fingerprint density at radius 2 is 1.67 bits per heavy atom. The first-order chi connectivity index (χ1) is 22.0. The fraction of sp³-hybridized carbons (Fsp3) is 0.375. The normalized spacial score (nSPS) is 14.3. The minimum Gasteiger partial charge on any atom is -0.491 e. The zero-order valence-corrected chi connectivity index (χ0v) is 26.4. The van der Waals surface area contributed by atoms with Gasteiger partial charge in [0.05, 0.1) is 6.26 Å². The average Bonchev–Trinajstić information content (AvgIpc) is 3.02. The van der Waals surface area contributed by atoms with Crippen LogP contribution in [0.2, 0.25) is 0 Å². The third kappa shape index (κ3) is 12.2. The van der Waals surface area contributed by atoms with E-state index in [-0.39, 0.29) is 30.2 Å². The summed E-state index contributed by atoms with van der Waals surface area (Å²) in [5, 5.41) is 19.9. The predicted octanol–water partition coefficient (Wildman–Crippen LogP) is 3.23. The molecule has 0 unspecified atom stereocenters. The fourth-order valence-corrected chi connectivity index (χ4v) is 5.13. The molecule has 1 fully saturated rings. The molecule has 1 atom stereocenters. The minimum atomic E-state index is -3.74. The highest BCUT2D eigenvalue weighted by Crippen LogP contribution is 2.20. The summed E-state index contributed by atoms with van der Waals surface area (Å²) in [7, 11) is -3.74. The second kappa shape index (κ2) is 16.8. The van der Waals surface area contributed by atoms with Gasteiger partial charge < -0.3 is 35.4 Å². The van der Waals surface area contributed by atoms with E-state index in [9.17, 15) is 27.5 Å². The Morgan fingerprint density at radius 3 is 2.37 bits per heavy atom. The Morgan fingerprint density at radius 1 is 1.00 bits per heavy atom. The van der Waals surface area contributed by atoms with Crippen molar-refractivity contribution in [2.75, 3.05) is 44.4 Å². The van der Waals surface area contributed by atoms with Crippen LogP contribution in [0.3, 0.4) is 0 Å². The van der Waals surface area contributed by atoms with Gasteiger partial charge in [-0.2, -0.15) is 0 Å². The number of amides is 3. The van der Waals surface area contributed by atoms with Gasteiger partial charge in [-0.05, 0) is 73.3 Å². The van der Waals surface area contributed by atoms with Gasteiger partial charge in [0.2, 0.25) is 10.0 Å². The van der Waals surface area contributed by atoms with Crippen molar-refractivity contribution in [3.63, 3.8) is 0 Å². The Balaban J connectivity index is 1.08. The van der Waals surface area contributed by atoms with Crippen LogP contribution in [0.1, 0.15) is 24.0 Å². The molecule has 0 radical (unpaired) electrons. The summed E-state index contributed by atoms with van der Waals surface area (Å²) in [5.41, 5.74) is 3.02. The fourth-order valence-electron chi connectivity index (χ4n) is 4.78. The van der Waals surface area contributed by atoms with E-state index in [2.05, 4.69) is 28.1 Å². The van der Waals surface area contributed by atoms with E-state index in [0.717, 1.165) is 42.3 Å². The van der Waals surface area contributed by atoms with E-state index >= 15 is 0 Å². The van der Waals surface area contributed by atoms with E-state index in [4.69, 9.17) is 9.47 Å². The molecule has 1 heterocycles. The molecule has 1 aliphatic rings. The Kier molecular flexibility index (Phi) is 12.6. The molecule has 5 N–H and O–H groups in total. The van der Waals surface area contributed by atoms with Crippen molar-refractivity contribution in [3.8, 4) is 11.5 Å². The maximum absolute atomic E-state index is 13.1. The Hall–Kier alpha value is -4.40. The zero-order valence-electron chi connectivity index (χ0n) is 25.6. The number of benzene rings is 3. The number of carbonyl (C=O) groups is 2. The SMILES string of the molecule is CS(=O)(=O)NC(=O)Oc1cccc(OC[C@@H](O)CNCCc2ccc(NC3CCN(C(=O)NCc4ccc(F)cc4)CC3)cc2)c1. The van der Waals surface area contributed by atoms with Crippen molar-refractivity contribution in [2.24, 2.45) is 0 Å². The first kappa shape index (κ1) is 34.5. The highest BCUT2D eigenvalue weighted by Gasteiger charge is 2.22. The molecule has 3 aromatic carbocycles. The number of aliphatic hydroxyl groups is 1. The number of sulfonamides is 1. The smallest absolute Gasteiger partial charge is 0.426 e. The number of carbonyl (C=O) groups excluding carboxylic acids is 2. The summed E-state index contributed by atoms with van der Waals surface area (Å²) in [6.45, 7) is 2.65. The molecule has 12 nitrogen and oxygen atoms in total. The number of aliphatic hydroxyl groups excluding tert-OH is 1. The zero-order chi connectivity index (χ0) is 32.9. The number of rotatable bonds is 14. The highest BCUT2D eigenvalue weighted by molar-refractivity contribution is 7.89. The number of ether oxygens (including phenoxy) is 2. The van der Waals surface area contributed by atoms with Crippen LogP contribution in [0.4, 0.5) is 19.7 Å². The maximum atomic E-state index is 13.1.